The van der Waals surface area contributed by atoms with Gasteiger partial charge in [-0.15, -0.1) is 0 Å². The number of aromatic nitrogens is 1. The van der Waals surface area contributed by atoms with Crippen molar-refractivity contribution in [3.8, 4) is 11.1 Å². The molecule has 0 saturated carbocycles. The molecule has 0 bridgehead atoms. The molecule has 1 saturated heterocycles. The normalized spacial score (nSPS) is 17.6. The summed E-state index contributed by atoms with van der Waals surface area (Å²) in [5, 5.41) is 2.99. The summed E-state index contributed by atoms with van der Waals surface area (Å²) >= 11 is 0. The molecule has 3 heterocycles. The number of rotatable bonds is 3. The minimum atomic E-state index is -4.48. The topological polar surface area (TPSA) is 74.5 Å². The van der Waals surface area contributed by atoms with Crippen molar-refractivity contribution in [3.05, 3.63) is 72.1 Å². The molecule has 3 N–H and O–H groups in total. The van der Waals surface area contributed by atoms with Gasteiger partial charge in [0.2, 0.25) is 5.91 Å². The average molecular weight is 482 g/mol. The summed E-state index contributed by atoms with van der Waals surface area (Å²) in [7, 11) is 0. The molecule has 2 aliphatic heterocycles. The van der Waals surface area contributed by atoms with Crippen LogP contribution in [0, 0.1) is 0 Å². The predicted molar refractivity (Wildman–Crippen MR) is 130 cm³/mol. The van der Waals surface area contributed by atoms with Crippen LogP contribution in [-0.4, -0.2) is 41.5 Å². The number of benzene rings is 2. The average Bonchev–Trinajstić information content (AvgIpc) is 3.02. The van der Waals surface area contributed by atoms with Crippen LogP contribution in [-0.2, 0) is 17.5 Å². The molecule has 1 aromatic heterocycles. The molecule has 0 radical (unpaired) electrons. The lowest BCUT2D eigenvalue weighted by Gasteiger charge is -2.39. The third kappa shape index (κ3) is 4.95. The fourth-order valence-corrected chi connectivity index (χ4v) is 4.89. The maximum atomic E-state index is 12.9. The van der Waals surface area contributed by atoms with Gasteiger partial charge in [-0.1, -0.05) is 24.3 Å². The van der Waals surface area contributed by atoms with Crippen LogP contribution < -0.4 is 16.0 Å². The van der Waals surface area contributed by atoms with Crippen LogP contribution in [0.25, 0.3) is 11.1 Å². The number of nitrogens with two attached hydrogens (primary N) is 1. The Labute approximate surface area is 201 Å². The Balaban J connectivity index is 1.29. The lowest BCUT2D eigenvalue weighted by Crippen LogP contribution is -2.46. The SMILES string of the molecule is Nc1ccc(N2CCC(N3CC(=O)Nc4ccccc4C3)CC2)cc1-c1ccc(C(F)(F)F)nc1. The summed E-state index contributed by atoms with van der Waals surface area (Å²) in [5.41, 5.74) is 9.87. The van der Waals surface area contributed by atoms with Gasteiger partial charge in [0.05, 0.1) is 6.54 Å². The highest BCUT2D eigenvalue weighted by Crippen LogP contribution is 2.34. The van der Waals surface area contributed by atoms with Crippen molar-refractivity contribution in [1.82, 2.24) is 9.88 Å². The van der Waals surface area contributed by atoms with E-state index in [1.54, 1.807) is 6.07 Å². The number of fused-ring (bicyclic) bond motifs is 1. The Hall–Kier alpha value is -3.59. The molecular formula is C26H26F3N5O. The first-order chi connectivity index (χ1) is 16.8. The van der Waals surface area contributed by atoms with E-state index in [1.807, 2.05) is 30.3 Å². The van der Waals surface area contributed by atoms with Gasteiger partial charge < -0.3 is 16.0 Å². The highest BCUT2D eigenvalue weighted by Gasteiger charge is 2.32. The standard InChI is InChI=1S/C26H26F3N5O/c27-26(28,29)24-8-5-17(14-31-24)21-13-20(6-7-22(21)30)33-11-9-19(10-12-33)34-15-18-3-1-2-4-23(18)32-25(35)16-34/h1-8,13-14,19H,9-12,15-16,30H2,(H,32,35). The monoisotopic (exact) mass is 481 g/mol. The number of halogens is 3. The molecule has 2 aromatic carbocycles. The summed E-state index contributed by atoms with van der Waals surface area (Å²) in [6.45, 7) is 2.71. The zero-order valence-corrected chi connectivity index (χ0v) is 19.1. The van der Waals surface area contributed by atoms with Crippen LogP contribution in [0.1, 0.15) is 24.1 Å². The van der Waals surface area contributed by atoms with Gasteiger partial charge in [0, 0.05) is 60.1 Å². The van der Waals surface area contributed by atoms with Gasteiger partial charge in [-0.2, -0.15) is 13.2 Å². The van der Waals surface area contributed by atoms with Gasteiger partial charge in [0.25, 0.3) is 0 Å². The van der Waals surface area contributed by atoms with Crippen molar-refractivity contribution >= 4 is 23.0 Å². The zero-order chi connectivity index (χ0) is 24.6. The lowest BCUT2D eigenvalue weighted by atomic mass is 9.99. The molecule has 0 spiro atoms. The van der Waals surface area contributed by atoms with Crippen molar-refractivity contribution in [2.75, 3.05) is 35.6 Å². The summed E-state index contributed by atoms with van der Waals surface area (Å²) in [6, 6.07) is 16.2. The number of nitrogens with zero attached hydrogens (tertiary/aromatic N) is 3. The number of hydrogen-bond donors (Lipinski definition) is 2. The van der Waals surface area contributed by atoms with Crippen LogP contribution in [0.5, 0.6) is 0 Å². The maximum Gasteiger partial charge on any atom is 0.433 e. The Bertz CT molecular complexity index is 1220. The summed E-state index contributed by atoms with van der Waals surface area (Å²) in [5.74, 6) is 0.00528. The summed E-state index contributed by atoms with van der Waals surface area (Å²) in [4.78, 5) is 20.5. The number of amides is 1. The number of piperidine rings is 1. The van der Waals surface area contributed by atoms with E-state index < -0.39 is 11.9 Å². The molecule has 6 nitrogen and oxygen atoms in total. The lowest BCUT2D eigenvalue weighted by molar-refractivity contribution is -0.141. The predicted octanol–water partition coefficient (Wildman–Crippen LogP) is 4.77. The molecule has 0 atom stereocenters. The highest BCUT2D eigenvalue weighted by molar-refractivity contribution is 5.93. The number of alkyl halides is 3. The van der Waals surface area contributed by atoms with Gasteiger partial charge in [0.1, 0.15) is 5.69 Å². The first-order valence-electron chi connectivity index (χ1n) is 11.6. The van der Waals surface area contributed by atoms with Crippen molar-refractivity contribution in [1.29, 1.82) is 0 Å². The number of carbonyl (C=O) groups is 1. The van der Waals surface area contributed by atoms with E-state index in [4.69, 9.17) is 5.73 Å². The molecule has 5 rings (SSSR count). The van der Waals surface area contributed by atoms with Crippen molar-refractivity contribution < 1.29 is 18.0 Å². The smallest absolute Gasteiger partial charge is 0.398 e. The molecule has 1 fully saturated rings. The van der Waals surface area contributed by atoms with Crippen molar-refractivity contribution in [3.63, 3.8) is 0 Å². The fraction of sp³-hybridized carbons (Fsp3) is 0.308. The first-order valence-corrected chi connectivity index (χ1v) is 11.6. The molecular weight excluding hydrogens is 455 g/mol. The summed E-state index contributed by atoms with van der Waals surface area (Å²) in [6.07, 6.45) is -1.47. The molecule has 2 aliphatic rings. The fourth-order valence-electron chi connectivity index (χ4n) is 4.89. The van der Waals surface area contributed by atoms with E-state index in [0.717, 1.165) is 55.5 Å². The largest absolute Gasteiger partial charge is 0.433 e. The number of nitrogen functional groups attached to an aromatic ring is 1. The maximum absolute atomic E-state index is 12.9. The van der Waals surface area contributed by atoms with E-state index in [9.17, 15) is 18.0 Å². The number of pyridine rings is 1. The van der Waals surface area contributed by atoms with Crippen LogP contribution in [0.3, 0.4) is 0 Å². The van der Waals surface area contributed by atoms with Crippen molar-refractivity contribution in [2.24, 2.45) is 0 Å². The minimum Gasteiger partial charge on any atom is -0.398 e. The van der Waals surface area contributed by atoms with Crippen molar-refractivity contribution in [2.45, 2.75) is 31.6 Å². The van der Waals surface area contributed by atoms with Crippen LogP contribution >= 0.6 is 0 Å². The van der Waals surface area contributed by atoms with Gasteiger partial charge in [-0.05, 0) is 48.7 Å². The van der Waals surface area contributed by atoms with Crippen LogP contribution in [0.4, 0.5) is 30.2 Å². The number of para-hydroxylation sites is 1. The Morgan fingerprint density at radius 3 is 2.49 bits per heavy atom. The molecule has 35 heavy (non-hydrogen) atoms. The van der Waals surface area contributed by atoms with Crippen LogP contribution in [0.2, 0.25) is 0 Å². The van der Waals surface area contributed by atoms with E-state index in [2.05, 4.69) is 26.2 Å². The number of hydrogen-bond acceptors (Lipinski definition) is 5. The molecule has 3 aromatic rings. The van der Waals surface area contributed by atoms with E-state index in [0.29, 0.717) is 23.4 Å². The third-order valence-electron chi connectivity index (χ3n) is 6.76. The van der Waals surface area contributed by atoms with Gasteiger partial charge in [-0.25, -0.2) is 0 Å². The van der Waals surface area contributed by atoms with Gasteiger partial charge >= 0.3 is 6.18 Å². The molecule has 0 unspecified atom stereocenters. The Kier molecular flexibility index (Phi) is 6.10. The van der Waals surface area contributed by atoms with Crippen LogP contribution in [0.15, 0.2) is 60.8 Å². The van der Waals surface area contributed by atoms with E-state index >= 15 is 0 Å². The molecule has 0 aliphatic carbocycles. The second kappa shape index (κ2) is 9.22. The summed E-state index contributed by atoms with van der Waals surface area (Å²) < 4.78 is 38.6. The second-order valence-corrected chi connectivity index (χ2v) is 9.03. The molecule has 1 amide bonds. The Morgan fingerprint density at radius 2 is 1.77 bits per heavy atom. The first kappa shape index (κ1) is 23.2. The van der Waals surface area contributed by atoms with Gasteiger partial charge in [-0.3, -0.25) is 14.7 Å². The molecule has 9 heteroatoms. The number of nitrogens with one attached hydrogen (secondary N) is 1. The second-order valence-electron chi connectivity index (χ2n) is 9.03. The third-order valence-corrected chi connectivity index (χ3v) is 6.76. The van der Waals surface area contributed by atoms with E-state index in [1.165, 1.54) is 12.3 Å². The highest BCUT2D eigenvalue weighted by atomic mass is 19.4. The van der Waals surface area contributed by atoms with Gasteiger partial charge in [0.15, 0.2) is 0 Å². The Morgan fingerprint density at radius 1 is 1.00 bits per heavy atom. The number of carbonyl (C=O) groups excluding carboxylic acids is 1. The quantitative estimate of drug-likeness (QED) is 0.527. The zero-order valence-electron chi connectivity index (χ0n) is 19.1. The van der Waals surface area contributed by atoms with E-state index in [-0.39, 0.29) is 11.9 Å². The number of anilines is 3. The molecule has 182 valence electrons. The minimum absolute atomic E-state index is 0.00528.